The molecule has 0 unspecified atom stereocenters. The number of ether oxygens (including phenoxy) is 1. The SMILES string of the molecule is CCOC(=NC(C)(C)C)NS(=O)(=O)c1ccccc1. The summed E-state index contributed by atoms with van der Waals surface area (Å²) in [6.45, 7) is 7.70. The smallest absolute Gasteiger partial charge is 0.299 e. The van der Waals surface area contributed by atoms with E-state index in [0.717, 1.165) is 0 Å². The molecular formula is C13H20N2O3S. The van der Waals surface area contributed by atoms with Crippen molar-refractivity contribution in [3.63, 3.8) is 0 Å². The van der Waals surface area contributed by atoms with Crippen molar-refractivity contribution in [2.75, 3.05) is 6.61 Å². The van der Waals surface area contributed by atoms with Crippen LogP contribution in [0.5, 0.6) is 0 Å². The zero-order chi connectivity index (χ0) is 14.5. The summed E-state index contributed by atoms with van der Waals surface area (Å²) in [5.41, 5.74) is -0.427. The molecule has 0 saturated carbocycles. The highest BCUT2D eigenvalue weighted by atomic mass is 32.2. The van der Waals surface area contributed by atoms with E-state index in [2.05, 4.69) is 9.71 Å². The molecule has 0 amide bonds. The first-order chi connectivity index (χ1) is 8.74. The van der Waals surface area contributed by atoms with Crippen LogP contribution in [0.4, 0.5) is 0 Å². The Morgan fingerprint density at radius 1 is 1.26 bits per heavy atom. The molecule has 0 aliphatic carbocycles. The van der Waals surface area contributed by atoms with Crippen LogP contribution in [0.1, 0.15) is 27.7 Å². The molecule has 0 heterocycles. The molecule has 0 fully saturated rings. The van der Waals surface area contributed by atoms with Gasteiger partial charge in [-0.1, -0.05) is 18.2 Å². The Morgan fingerprint density at radius 3 is 2.32 bits per heavy atom. The maximum atomic E-state index is 12.1. The largest absolute Gasteiger partial charge is 0.465 e. The lowest BCUT2D eigenvalue weighted by molar-refractivity contribution is 0.310. The summed E-state index contributed by atoms with van der Waals surface area (Å²) in [4.78, 5) is 4.39. The summed E-state index contributed by atoms with van der Waals surface area (Å²) >= 11 is 0. The zero-order valence-corrected chi connectivity index (χ0v) is 12.5. The highest BCUT2D eigenvalue weighted by Crippen LogP contribution is 2.10. The maximum Gasteiger partial charge on any atom is 0.299 e. The van der Waals surface area contributed by atoms with Gasteiger partial charge in [-0.05, 0) is 39.8 Å². The summed E-state index contributed by atoms with van der Waals surface area (Å²) in [7, 11) is -3.66. The number of nitrogens with zero attached hydrogens (tertiary/aromatic N) is 1. The van der Waals surface area contributed by atoms with E-state index in [4.69, 9.17) is 4.74 Å². The van der Waals surface area contributed by atoms with Gasteiger partial charge in [-0.25, -0.2) is 18.1 Å². The standard InChI is InChI=1S/C13H20N2O3S/c1-5-18-12(14-13(2,3)4)15-19(16,17)11-9-7-6-8-10-11/h6-10H,5H2,1-4H3,(H,14,15). The molecule has 0 aliphatic heterocycles. The molecule has 0 spiro atoms. The number of rotatable bonds is 3. The highest BCUT2D eigenvalue weighted by molar-refractivity contribution is 7.90. The van der Waals surface area contributed by atoms with E-state index in [1.807, 2.05) is 20.8 Å². The highest BCUT2D eigenvalue weighted by Gasteiger charge is 2.19. The molecule has 5 nitrogen and oxygen atoms in total. The molecule has 0 aliphatic rings. The van der Waals surface area contributed by atoms with Gasteiger partial charge in [-0.2, -0.15) is 0 Å². The van der Waals surface area contributed by atoms with Gasteiger partial charge in [-0.15, -0.1) is 0 Å². The van der Waals surface area contributed by atoms with Crippen molar-refractivity contribution >= 4 is 16.0 Å². The van der Waals surface area contributed by atoms with Gasteiger partial charge in [0.05, 0.1) is 17.0 Å². The molecule has 6 heteroatoms. The number of hydrogen-bond acceptors (Lipinski definition) is 4. The van der Waals surface area contributed by atoms with E-state index in [0.29, 0.717) is 6.61 Å². The van der Waals surface area contributed by atoms with Crippen LogP contribution in [0.2, 0.25) is 0 Å². The van der Waals surface area contributed by atoms with E-state index in [-0.39, 0.29) is 10.9 Å². The second-order valence-corrected chi connectivity index (χ2v) is 6.62. The molecule has 1 aromatic rings. The van der Waals surface area contributed by atoms with E-state index >= 15 is 0 Å². The molecule has 106 valence electrons. The van der Waals surface area contributed by atoms with E-state index < -0.39 is 15.6 Å². The lowest BCUT2D eigenvalue weighted by Crippen LogP contribution is -2.34. The fourth-order valence-electron chi connectivity index (χ4n) is 1.30. The van der Waals surface area contributed by atoms with Crippen LogP contribution >= 0.6 is 0 Å². The quantitative estimate of drug-likeness (QED) is 0.683. The Hall–Kier alpha value is -1.56. The first kappa shape index (κ1) is 15.5. The van der Waals surface area contributed by atoms with Crippen LogP contribution in [0.15, 0.2) is 40.2 Å². The van der Waals surface area contributed by atoms with Crippen LogP contribution in [-0.4, -0.2) is 26.6 Å². The second-order valence-electron chi connectivity index (χ2n) is 4.94. The molecule has 0 saturated heterocycles. The molecular weight excluding hydrogens is 264 g/mol. The normalized spacial score (nSPS) is 13.2. The minimum Gasteiger partial charge on any atom is -0.465 e. The molecule has 1 N–H and O–H groups in total. The minimum absolute atomic E-state index is 0.0128. The third-order valence-corrected chi connectivity index (χ3v) is 3.33. The minimum atomic E-state index is -3.66. The van der Waals surface area contributed by atoms with Crippen molar-refractivity contribution in [2.24, 2.45) is 4.99 Å². The number of benzene rings is 1. The van der Waals surface area contributed by atoms with Crippen molar-refractivity contribution in [1.82, 2.24) is 4.72 Å². The predicted molar refractivity (Wildman–Crippen MR) is 75.6 cm³/mol. The molecule has 19 heavy (non-hydrogen) atoms. The first-order valence-electron chi connectivity index (χ1n) is 6.05. The van der Waals surface area contributed by atoms with Gasteiger partial charge in [0.25, 0.3) is 16.0 Å². The predicted octanol–water partition coefficient (Wildman–Crippen LogP) is 2.16. The Balaban J connectivity index is 3.01. The number of aliphatic imine (C=N–C) groups is 1. The molecule has 0 aromatic heterocycles. The average molecular weight is 284 g/mol. The van der Waals surface area contributed by atoms with Gasteiger partial charge in [0, 0.05) is 0 Å². The van der Waals surface area contributed by atoms with Crippen LogP contribution in [0.25, 0.3) is 0 Å². The Labute approximate surface area is 114 Å². The fourth-order valence-corrected chi connectivity index (χ4v) is 2.27. The van der Waals surface area contributed by atoms with Gasteiger partial charge in [0.1, 0.15) is 0 Å². The van der Waals surface area contributed by atoms with Crippen molar-refractivity contribution in [3.05, 3.63) is 30.3 Å². The van der Waals surface area contributed by atoms with E-state index in [9.17, 15) is 8.42 Å². The van der Waals surface area contributed by atoms with Crippen molar-refractivity contribution < 1.29 is 13.2 Å². The van der Waals surface area contributed by atoms with E-state index in [1.54, 1.807) is 25.1 Å². The molecule has 0 atom stereocenters. The van der Waals surface area contributed by atoms with Gasteiger partial charge >= 0.3 is 0 Å². The summed E-state index contributed by atoms with van der Waals surface area (Å²) in [5, 5.41) is 0. The lowest BCUT2D eigenvalue weighted by atomic mass is 10.1. The first-order valence-corrected chi connectivity index (χ1v) is 7.53. The summed E-state index contributed by atoms with van der Waals surface area (Å²) in [6, 6.07) is 8.13. The Kier molecular flexibility index (Phi) is 4.94. The van der Waals surface area contributed by atoms with E-state index in [1.165, 1.54) is 12.1 Å². The van der Waals surface area contributed by atoms with Crippen LogP contribution < -0.4 is 4.72 Å². The maximum absolute atomic E-state index is 12.1. The lowest BCUT2D eigenvalue weighted by Gasteiger charge is -2.17. The van der Waals surface area contributed by atoms with Gasteiger partial charge in [-0.3, -0.25) is 0 Å². The second kappa shape index (κ2) is 6.06. The van der Waals surface area contributed by atoms with Crippen molar-refractivity contribution in [2.45, 2.75) is 38.1 Å². The Bertz CT molecular complexity index is 531. The molecule has 1 aromatic carbocycles. The number of hydrogen-bond donors (Lipinski definition) is 1. The molecule has 0 bridgehead atoms. The van der Waals surface area contributed by atoms with Crippen LogP contribution in [-0.2, 0) is 14.8 Å². The fraction of sp³-hybridized carbons (Fsp3) is 0.462. The third-order valence-electron chi connectivity index (χ3n) is 1.99. The molecule has 1 rings (SSSR count). The third kappa shape index (κ3) is 5.30. The van der Waals surface area contributed by atoms with Crippen molar-refractivity contribution in [3.8, 4) is 0 Å². The molecule has 0 radical (unpaired) electrons. The van der Waals surface area contributed by atoms with Gasteiger partial charge in [0.15, 0.2) is 0 Å². The number of nitrogens with one attached hydrogen (secondary N) is 1. The van der Waals surface area contributed by atoms with Gasteiger partial charge in [0.2, 0.25) is 0 Å². The Morgan fingerprint density at radius 2 is 1.84 bits per heavy atom. The van der Waals surface area contributed by atoms with Crippen LogP contribution in [0.3, 0.4) is 0 Å². The average Bonchev–Trinajstić information content (AvgIpc) is 2.27. The number of sulfonamides is 1. The zero-order valence-electron chi connectivity index (χ0n) is 11.7. The van der Waals surface area contributed by atoms with Gasteiger partial charge < -0.3 is 4.74 Å². The summed E-state index contributed by atoms with van der Waals surface area (Å²) < 4.78 is 31.9. The summed E-state index contributed by atoms with van der Waals surface area (Å²) in [6.07, 6.45) is 0. The monoisotopic (exact) mass is 284 g/mol. The van der Waals surface area contributed by atoms with Crippen molar-refractivity contribution in [1.29, 1.82) is 0 Å². The topological polar surface area (TPSA) is 67.8 Å². The number of amidine groups is 1. The summed E-state index contributed by atoms with van der Waals surface area (Å²) in [5.74, 6) is 0. The van der Waals surface area contributed by atoms with Crippen LogP contribution in [0, 0.1) is 0 Å².